The smallest absolute Gasteiger partial charge is 0.122 e. The molecule has 0 heterocycles. The number of carbonyl (C=O) groups is 1. The zero-order valence-electron chi connectivity index (χ0n) is 20.4. The maximum atomic E-state index is 11.1. The topological polar surface area (TPSA) is 54.0 Å². The third-order valence-corrected chi connectivity index (χ3v) is 5.75. The van der Waals surface area contributed by atoms with Gasteiger partial charge in [-0.25, -0.2) is 0 Å². The standard InChI is InChI=1S/C28H38O5/c1-5-23(19-32-20-24-9-7-6-8-10-24)17-22(2)28(18-27(31-4)15-16-29)33-21-25-11-13-26(30-3)14-12-25/h6-14,16-17,23,27-28H,5,15,18-21H2,1-4H3/b22-17-/t23-,27+,28+/m1/s1. The van der Waals surface area contributed by atoms with E-state index in [0.717, 1.165) is 29.6 Å². The van der Waals surface area contributed by atoms with Gasteiger partial charge in [0.1, 0.15) is 12.0 Å². The Hall–Kier alpha value is -2.47. The summed E-state index contributed by atoms with van der Waals surface area (Å²) in [6.07, 6.45) is 4.76. The fourth-order valence-electron chi connectivity index (χ4n) is 3.60. The van der Waals surface area contributed by atoms with Crippen molar-refractivity contribution < 1.29 is 23.7 Å². The molecule has 0 spiro atoms. The summed E-state index contributed by atoms with van der Waals surface area (Å²) in [4.78, 5) is 11.1. The Morgan fingerprint density at radius 1 is 0.970 bits per heavy atom. The van der Waals surface area contributed by atoms with Crippen LogP contribution in [0.2, 0.25) is 0 Å². The molecule has 33 heavy (non-hydrogen) atoms. The predicted molar refractivity (Wildman–Crippen MR) is 131 cm³/mol. The van der Waals surface area contributed by atoms with Crippen molar-refractivity contribution in [2.24, 2.45) is 5.92 Å². The van der Waals surface area contributed by atoms with Crippen LogP contribution in [0.1, 0.15) is 44.2 Å². The average Bonchev–Trinajstić information content (AvgIpc) is 2.86. The van der Waals surface area contributed by atoms with E-state index in [-0.39, 0.29) is 18.1 Å². The molecule has 2 aromatic carbocycles. The maximum absolute atomic E-state index is 11.1. The highest BCUT2D eigenvalue weighted by molar-refractivity contribution is 5.50. The molecule has 0 bridgehead atoms. The lowest BCUT2D eigenvalue weighted by Gasteiger charge is -2.24. The van der Waals surface area contributed by atoms with Gasteiger partial charge >= 0.3 is 0 Å². The van der Waals surface area contributed by atoms with Crippen molar-refractivity contribution >= 4 is 6.29 Å². The molecule has 5 nitrogen and oxygen atoms in total. The Morgan fingerprint density at radius 3 is 2.27 bits per heavy atom. The summed E-state index contributed by atoms with van der Waals surface area (Å²) in [6, 6.07) is 18.1. The molecule has 2 rings (SSSR count). The average molecular weight is 455 g/mol. The van der Waals surface area contributed by atoms with Crippen LogP contribution in [-0.4, -0.2) is 39.3 Å². The van der Waals surface area contributed by atoms with E-state index in [1.807, 2.05) is 42.5 Å². The summed E-state index contributed by atoms with van der Waals surface area (Å²) in [5.41, 5.74) is 3.37. The van der Waals surface area contributed by atoms with Gasteiger partial charge in [0.2, 0.25) is 0 Å². The number of ether oxygens (including phenoxy) is 4. The van der Waals surface area contributed by atoms with E-state index >= 15 is 0 Å². The molecule has 0 saturated heterocycles. The van der Waals surface area contributed by atoms with Crippen LogP contribution in [0, 0.1) is 5.92 Å². The third kappa shape index (κ3) is 9.91. The van der Waals surface area contributed by atoms with Crippen molar-refractivity contribution in [2.45, 2.75) is 58.5 Å². The van der Waals surface area contributed by atoms with Crippen LogP contribution in [0.5, 0.6) is 5.75 Å². The molecule has 0 aliphatic heterocycles. The first-order valence-corrected chi connectivity index (χ1v) is 11.6. The van der Waals surface area contributed by atoms with Gasteiger partial charge in [-0.3, -0.25) is 0 Å². The Labute approximate surface area is 198 Å². The summed E-state index contributed by atoms with van der Waals surface area (Å²) < 4.78 is 23.0. The number of methoxy groups -OCH3 is 2. The molecular formula is C28H38O5. The Morgan fingerprint density at radius 2 is 1.67 bits per heavy atom. The second kappa shape index (κ2) is 15.4. The van der Waals surface area contributed by atoms with Crippen molar-refractivity contribution in [1.29, 1.82) is 0 Å². The minimum Gasteiger partial charge on any atom is -0.497 e. The second-order valence-electron chi connectivity index (χ2n) is 8.22. The number of carbonyl (C=O) groups excluding carboxylic acids is 1. The zero-order valence-corrected chi connectivity index (χ0v) is 20.4. The fourth-order valence-corrected chi connectivity index (χ4v) is 3.60. The van der Waals surface area contributed by atoms with Gasteiger partial charge in [-0.1, -0.05) is 55.5 Å². The molecule has 0 radical (unpaired) electrons. The van der Waals surface area contributed by atoms with Crippen LogP contribution >= 0.6 is 0 Å². The van der Waals surface area contributed by atoms with Crippen LogP contribution in [0.15, 0.2) is 66.2 Å². The number of benzene rings is 2. The van der Waals surface area contributed by atoms with Crippen LogP contribution in [0.25, 0.3) is 0 Å². The quantitative estimate of drug-likeness (QED) is 0.238. The highest BCUT2D eigenvalue weighted by Gasteiger charge is 2.20. The minimum absolute atomic E-state index is 0.153. The van der Waals surface area contributed by atoms with Gasteiger partial charge in [-0.05, 0) is 42.2 Å². The molecule has 2 aromatic rings. The van der Waals surface area contributed by atoms with Crippen LogP contribution in [0.4, 0.5) is 0 Å². The Bertz CT molecular complexity index is 816. The van der Waals surface area contributed by atoms with E-state index in [2.05, 4.69) is 32.1 Å². The number of hydrogen-bond acceptors (Lipinski definition) is 5. The fraction of sp³-hybridized carbons (Fsp3) is 0.464. The van der Waals surface area contributed by atoms with E-state index in [4.69, 9.17) is 18.9 Å². The maximum Gasteiger partial charge on any atom is 0.122 e. The first kappa shape index (κ1) is 26.8. The first-order chi connectivity index (χ1) is 16.1. The molecule has 0 aliphatic carbocycles. The van der Waals surface area contributed by atoms with Gasteiger partial charge in [0.05, 0.1) is 39.1 Å². The summed E-state index contributed by atoms with van der Waals surface area (Å²) in [5.74, 6) is 1.10. The molecule has 0 unspecified atom stereocenters. The van der Waals surface area contributed by atoms with Crippen LogP contribution in [-0.2, 0) is 32.2 Å². The number of hydrogen-bond donors (Lipinski definition) is 0. The first-order valence-electron chi connectivity index (χ1n) is 11.6. The van der Waals surface area contributed by atoms with Gasteiger partial charge in [-0.15, -0.1) is 0 Å². The zero-order chi connectivity index (χ0) is 23.9. The van der Waals surface area contributed by atoms with Gasteiger partial charge < -0.3 is 23.7 Å². The van der Waals surface area contributed by atoms with Crippen molar-refractivity contribution in [2.75, 3.05) is 20.8 Å². The van der Waals surface area contributed by atoms with Gasteiger partial charge in [0.25, 0.3) is 0 Å². The van der Waals surface area contributed by atoms with Crippen molar-refractivity contribution in [1.82, 2.24) is 0 Å². The van der Waals surface area contributed by atoms with Gasteiger partial charge in [0.15, 0.2) is 0 Å². The summed E-state index contributed by atoms with van der Waals surface area (Å²) in [7, 11) is 3.29. The molecule has 180 valence electrons. The Kier molecular flexibility index (Phi) is 12.5. The highest BCUT2D eigenvalue weighted by Crippen LogP contribution is 2.22. The number of rotatable bonds is 16. The lowest BCUT2D eigenvalue weighted by Crippen LogP contribution is -2.24. The van der Waals surface area contributed by atoms with Gasteiger partial charge in [-0.2, -0.15) is 0 Å². The largest absolute Gasteiger partial charge is 0.497 e. The van der Waals surface area contributed by atoms with Crippen molar-refractivity contribution in [3.63, 3.8) is 0 Å². The van der Waals surface area contributed by atoms with Crippen molar-refractivity contribution in [3.05, 3.63) is 77.4 Å². The van der Waals surface area contributed by atoms with E-state index in [1.54, 1.807) is 14.2 Å². The Balaban J connectivity index is 2.03. The lowest BCUT2D eigenvalue weighted by atomic mass is 9.97. The molecule has 0 amide bonds. The lowest BCUT2D eigenvalue weighted by molar-refractivity contribution is -0.110. The molecule has 0 saturated carbocycles. The van der Waals surface area contributed by atoms with Crippen molar-refractivity contribution in [3.8, 4) is 5.75 Å². The second-order valence-corrected chi connectivity index (χ2v) is 8.22. The molecule has 0 aliphatic rings. The van der Waals surface area contributed by atoms with Crippen LogP contribution < -0.4 is 4.74 Å². The molecule has 0 aromatic heterocycles. The molecule has 0 fully saturated rings. The van der Waals surface area contributed by atoms with E-state index < -0.39 is 0 Å². The molecule has 3 atom stereocenters. The number of aldehydes is 1. The van der Waals surface area contributed by atoms with E-state index in [0.29, 0.717) is 32.7 Å². The predicted octanol–water partition coefficient (Wildman–Crippen LogP) is 5.76. The normalized spacial score (nSPS) is 14.5. The summed E-state index contributed by atoms with van der Waals surface area (Å²) in [5, 5.41) is 0. The summed E-state index contributed by atoms with van der Waals surface area (Å²) >= 11 is 0. The molecule has 0 N–H and O–H groups in total. The SMILES string of the molecule is CC[C@H](/C=C(/C)[C@H](C[C@H](CC=O)OC)OCc1ccc(OC)cc1)COCc1ccccc1. The van der Waals surface area contributed by atoms with Crippen LogP contribution in [0.3, 0.4) is 0 Å². The van der Waals surface area contributed by atoms with Gasteiger partial charge in [0, 0.05) is 25.9 Å². The monoisotopic (exact) mass is 454 g/mol. The molecule has 5 heteroatoms. The molecular weight excluding hydrogens is 416 g/mol. The minimum atomic E-state index is -0.180. The van der Waals surface area contributed by atoms with E-state index in [9.17, 15) is 4.79 Å². The van der Waals surface area contributed by atoms with E-state index in [1.165, 1.54) is 5.56 Å². The third-order valence-electron chi connectivity index (χ3n) is 5.75. The highest BCUT2D eigenvalue weighted by atomic mass is 16.5. The summed E-state index contributed by atoms with van der Waals surface area (Å²) in [6.45, 7) is 5.98.